The molecule has 0 aliphatic rings. The first kappa shape index (κ1) is 12.9. The summed E-state index contributed by atoms with van der Waals surface area (Å²) in [5.74, 6) is 0.0153. The summed E-state index contributed by atoms with van der Waals surface area (Å²) in [5, 5.41) is 9.87. The average Bonchev–Trinajstić information content (AvgIpc) is 3.09. The quantitative estimate of drug-likeness (QED) is 0.801. The van der Waals surface area contributed by atoms with Crippen LogP contribution in [0.15, 0.2) is 46.4 Å². The SMILES string of the molecule is CC(Cc1csc2ccccc12)NC(=O)c1ccno1. The van der Waals surface area contributed by atoms with Gasteiger partial charge in [-0.05, 0) is 35.7 Å². The molecule has 0 saturated heterocycles. The summed E-state index contributed by atoms with van der Waals surface area (Å²) in [6.45, 7) is 1.99. The monoisotopic (exact) mass is 286 g/mol. The molecule has 1 atom stereocenters. The van der Waals surface area contributed by atoms with Gasteiger partial charge in [0.15, 0.2) is 0 Å². The second kappa shape index (κ2) is 5.46. The number of rotatable bonds is 4. The van der Waals surface area contributed by atoms with Gasteiger partial charge in [-0.2, -0.15) is 0 Å². The number of carbonyl (C=O) groups excluding carboxylic acids is 1. The molecular formula is C15H14N2O2S. The number of nitrogens with zero attached hydrogens (tertiary/aromatic N) is 1. The summed E-state index contributed by atoms with van der Waals surface area (Å²) in [6, 6.07) is 9.90. The number of benzene rings is 1. The summed E-state index contributed by atoms with van der Waals surface area (Å²) in [7, 11) is 0. The van der Waals surface area contributed by atoms with Crippen LogP contribution in [0.3, 0.4) is 0 Å². The summed E-state index contributed by atoms with van der Waals surface area (Å²) < 4.78 is 6.12. The van der Waals surface area contributed by atoms with Crippen LogP contribution in [0.1, 0.15) is 23.0 Å². The van der Waals surface area contributed by atoms with Gasteiger partial charge >= 0.3 is 0 Å². The Bertz CT molecular complexity index is 718. The van der Waals surface area contributed by atoms with Gasteiger partial charge in [0, 0.05) is 16.8 Å². The molecule has 1 aromatic carbocycles. The number of nitrogens with one attached hydrogen (secondary N) is 1. The van der Waals surface area contributed by atoms with E-state index >= 15 is 0 Å². The topological polar surface area (TPSA) is 55.1 Å². The highest BCUT2D eigenvalue weighted by Crippen LogP contribution is 2.26. The molecule has 0 radical (unpaired) electrons. The second-order valence-corrected chi connectivity index (χ2v) is 5.62. The van der Waals surface area contributed by atoms with Gasteiger partial charge in [-0.15, -0.1) is 11.3 Å². The van der Waals surface area contributed by atoms with Gasteiger partial charge in [-0.1, -0.05) is 23.4 Å². The summed E-state index contributed by atoms with van der Waals surface area (Å²) in [6.07, 6.45) is 2.26. The van der Waals surface area contributed by atoms with Crippen LogP contribution in [-0.2, 0) is 6.42 Å². The number of amides is 1. The lowest BCUT2D eigenvalue weighted by Gasteiger charge is -2.12. The van der Waals surface area contributed by atoms with Crippen molar-refractivity contribution in [2.45, 2.75) is 19.4 Å². The Hall–Kier alpha value is -2.14. The van der Waals surface area contributed by atoms with Crippen molar-refractivity contribution in [1.29, 1.82) is 0 Å². The van der Waals surface area contributed by atoms with Crippen molar-refractivity contribution in [3.63, 3.8) is 0 Å². The van der Waals surface area contributed by atoms with E-state index in [9.17, 15) is 4.79 Å². The van der Waals surface area contributed by atoms with E-state index in [4.69, 9.17) is 4.52 Å². The van der Waals surface area contributed by atoms with Gasteiger partial charge in [0.05, 0.1) is 6.20 Å². The van der Waals surface area contributed by atoms with Crippen LogP contribution in [-0.4, -0.2) is 17.1 Å². The van der Waals surface area contributed by atoms with Crippen molar-refractivity contribution >= 4 is 27.3 Å². The Labute approximate surface area is 120 Å². The van der Waals surface area contributed by atoms with Crippen molar-refractivity contribution in [3.05, 3.63) is 53.2 Å². The fourth-order valence-corrected chi connectivity index (χ4v) is 3.18. The van der Waals surface area contributed by atoms with E-state index in [2.05, 4.69) is 28.0 Å². The zero-order valence-corrected chi connectivity index (χ0v) is 11.8. The third kappa shape index (κ3) is 2.58. The maximum atomic E-state index is 11.9. The molecule has 20 heavy (non-hydrogen) atoms. The summed E-state index contributed by atoms with van der Waals surface area (Å²) in [5.41, 5.74) is 1.26. The van der Waals surface area contributed by atoms with Gasteiger partial charge in [0.25, 0.3) is 5.91 Å². The average molecular weight is 286 g/mol. The van der Waals surface area contributed by atoms with Gasteiger partial charge < -0.3 is 9.84 Å². The minimum atomic E-state index is -0.227. The van der Waals surface area contributed by atoms with E-state index in [0.717, 1.165) is 6.42 Å². The first-order chi connectivity index (χ1) is 9.74. The number of hydrogen-bond acceptors (Lipinski definition) is 4. The third-order valence-corrected chi connectivity index (χ3v) is 4.14. The number of fused-ring (bicyclic) bond motifs is 1. The van der Waals surface area contributed by atoms with Gasteiger partial charge in [-0.3, -0.25) is 4.79 Å². The van der Waals surface area contributed by atoms with E-state index in [1.54, 1.807) is 17.4 Å². The molecule has 1 amide bonds. The van der Waals surface area contributed by atoms with Gasteiger partial charge in [-0.25, -0.2) is 0 Å². The van der Waals surface area contributed by atoms with Crippen molar-refractivity contribution in [3.8, 4) is 0 Å². The van der Waals surface area contributed by atoms with Crippen molar-refractivity contribution < 1.29 is 9.32 Å². The molecule has 1 N–H and O–H groups in total. The van der Waals surface area contributed by atoms with Crippen LogP contribution in [0, 0.1) is 0 Å². The fourth-order valence-electron chi connectivity index (χ4n) is 2.20. The van der Waals surface area contributed by atoms with E-state index in [1.807, 2.05) is 19.1 Å². The molecule has 0 bridgehead atoms. The smallest absolute Gasteiger partial charge is 0.290 e. The molecule has 5 heteroatoms. The maximum absolute atomic E-state index is 11.9. The molecule has 0 aliphatic heterocycles. The summed E-state index contributed by atoms with van der Waals surface area (Å²) in [4.78, 5) is 11.9. The third-order valence-electron chi connectivity index (χ3n) is 3.13. The van der Waals surface area contributed by atoms with E-state index < -0.39 is 0 Å². The lowest BCUT2D eigenvalue weighted by molar-refractivity contribution is 0.0903. The summed E-state index contributed by atoms with van der Waals surface area (Å²) >= 11 is 1.73. The molecular weight excluding hydrogens is 272 g/mol. The van der Waals surface area contributed by atoms with Crippen LogP contribution in [0.4, 0.5) is 0 Å². The molecule has 102 valence electrons. The Kier molecular flexibility index (Phi) is 3.52. The molecule has 3 rings (SSSR count). The number of aromatic nitrogens is 1. The lowest BCUT2D eigenvalue weighted by Crippen LogP contribution is -2.33. The van der Waals surface area contributed by atoms with Gasteiger partial charge in [0.1, 0.15) is 0 Å². The van der Waals surface area contributed by atoms with Crippen LogP contribution < -0.4 is 5.32 Å². The molecule has 0 fully saturated rings. The molecule has 2 aromatic heterocycles. The van der Waals surface area contributed by atoms with Gasteiger partial charge in [0.2, 0.25) is 5.76 Å². The first-order valence-corrected chi connectivity index (χ1v) is 7.28. The van der Waals surface area contributed by atoms with Crippen LogP contribution in [0.5, 0.6) is 0 Å². The Balaban J connectivity index is 1.70. The minimum absolute atomic E-state index is 0.0330. The maximum Gasteiger partial charge on any atom is 0.290 e. The van der Waals surface area contributed by atoms with Crippen molar-refractivity contribution in [1.82, 2.24) is 10.5 Å². The molecule has 0 spiro atoms. The lowest BCUT2D eigenvalue weighted by atomic mass is 10.1. The van der Waals surface area contributed by atoms with Crippen LogP contribution in [0.25, 0.3) is 10.1 Å². The standard InChI is InChI=1S/C15H14N2O2S/c1-10(17-15(18)13-6-7-16-19-13)8-11-9-20-14-5-3-2-4-12(11)14/h2-7,9-10H,8H2,1H3,(H,17,18). The molecule has 1 unspecified atom stereocenters. The van der Waals surface area contributed by atoms with Crippen molar-refractivity contribution in [2.75, 3.05) is 0 Å². The van der Waals surface area contributed by atoms with Crippen LogP contribution >= 0.6 is 11.3 Å². The second-order valence-electron chi connectivity index (χ2n) is 4.71. The molecule has 3 aromatic rings. The van der Waals surface area contributed by atoms with Crippen molar-refractivity contribution in [2.24, 2.45) is 0 Å². The Morgan fingerprint density at radius 1 is 1.40 bits per heavy atom. The van der Waals surface area contributed by atoms with E-state index in [1.165, 1.54) is 21.8 Å². The number of thiophene rings is 1. The predicted molar refractivity (Wildman–Crippen MR) is 79.0 cm³/mol. The van der Waals surface area contributed by atoms with E-state index in [0.29, 0.717) is 0 Å². The zero-order valence-electron chi connectivity index (χ0n) is 11.0. The highest BCUT2D eigenvalue weighted by Gasteiger charge is 2.14. The molecule has 0 aliphatic carbocycles. The van der Waals surface area contributed by atoms with Crippen LogP contribution in [0.2, 0.25) is 0 Å². The molecule has 2 heterocycles. The Morgan fingerprint density at radius 3 is 3.05 bits per heavy atom. The predicted octanol–water partition coefficient (Wildman–Crippen LogP) is 3.25. The Morgan fingerprint density at radius 2 is 2.25 bits per heavy atom. The number of hydrogen-bond donors (Lipinski definition) is 1. The molecule has 0 saturated carbocycles. The largest absolute Gasteiger partial charge is 0.351 e. The minimum Gasteiger partial charge on any atom is -0.351 e. The number of carbonyl (C=O) groups is 1. The highest BCUT2D eigenvalue weighted by atomic mass is 32.1. The molecule has 4 nitrogen and oxygen atoms in total. The zero-order chi connectivity index (χ0) is 13.9. The fraction of sp³-hybridized carbons (Fsp3) is 0.200. The highest BCUT2D eigenvalue weighted by molar-refractivity contribution is 7.17. The first-order valence-electron chi connectivity index (χ1n) is 6.40. The normalized spacial score (nSPS) is 12.4. The van der Waals surface area contributed by atoms with E-state index in [-0.39, 0.29) is 17.7 Å².